The topological polar surface area (TPSA) is 30.0 Å². The largest absolute Gasteiger partial charge is 0.293 e. The first-order chi connectivity index (χ1) is 7.99. The van der Waals surface area contributed by atoms with Crippen LogP contribution in [0.1, 0.15) is 34.1 Å². The number of nitrogens with zero attached hydrogens (tertiary/aromatic N) is 1. The van der Waals surface area contributed by atoms with Gasteiger partial charge in [-0.2, -0.15) is 0 Å². The summed E-state index contributed by atoms with van der Waals surface area (Å²) in [5.41, 5.74) is 5.41. The molecular weight excluding hydrogens is 230 g/mol. The average molecular weight is 245 g/mol. The zero-order valence-electron chi connectivity index (χ0n) is 10.5. The Bertz CT molecular complexity index is 561. The van der Waals surface area contributed by atoms with Crippen molar-refractivity contribution in [2.24, 2.45) is 0 Å². The molecule has 2 nitrogen and oxygen atoms in total. The first kappa shape index (κ1) is 12.0. The lowest BCUT2D eigenvalue weighted by Gasteiger charge is -2.08. The van der Waals surface area contributed by atoms with Crippen molar-refractivity contribution in [3.63, 3.8) is 0 Å². The summed E-state index contributed by atoms with van der Waals surface area (Å²) < 4.78 is 0. The highest BCUT2D eigenvalue weighted by Gasteiger charge is 2.12. The molecule has 0 aliphatic heterocycles. The summed E-state index contributed by atoms with van der Waals surface area (Å²) in [7, 11) is 0. The number of carbonyl (C=O) groups excluding carboxylic acids is 1. The molecule has 0 N–H and O–H groups in total. The minimum Gasteiger partial charge on any atom is -0.293 e. The van der Waals surface area contributed by atoms with Gasteiger partial charge in [-0.25, -0.2) is 4.98 Å². The van der Waals surface area contributed by atoms with E-state index in [0.29, 0.717) is 5.69 Å². The zero-order valence-corrected chi connectivity index (χ0v) is 11.3. The van der Waals surface area contributed by atoms with Crippen LogP contribution in [0.15, 0.2) is 17.5 Å². The van der Waals surface area contributed by atoms with Gasteiger partial charge in [-0.05, 0) is 31.9 Å². The standard InChI is InChI=1S/C14H15NOS/c1-8-5-9(2)13(10(3)6-8)14-15-12(7-17-14)11(4)16/h5-7H,1-4H3. The third-order valence-corrected chi connectivity index (χ3v) is 3.62. The fourth-order valence-electron chi connectivity index (χ4n) is 2.07. The van der Waals surface area contributed by atoms with Gasteiger partial charge in [0.25, 0.3) is 0 Å². The van der Waals surface area contributed by atoms with Crippen molar-refractivity contribution in [3.8, 4) is 10.6 Å². The van der Waals surface area contributed by atoms with Crippen LogP contribution < -0.4 is 0 Å². The van der Waals surface area contributed by atoms with Crippen molar-refractivity contribution in [2.75, 3.05) is 0 Å². The molecule has 0 radical (unpaired) electrons. The lowest BCUT2D eigenvalue weighted by molar-refractivity contribution is 0.101. The van der Waals surface area contributed by atoms with E-state index >= 15 is 0 Å². The molecule has 0 atom stereocenters. The highest BCUT2D eigenvalue weighted by Crippen LogP contribution is 2.30. The summed E-state index contributed by atoms with van der Waals surface area (Å²) in [6.07, 6.45) is 0. The Labute approximate surface area is 105 Å². The average Bonchev–Trinajstić information content (AvgIpc) is 2.65. The Morgan fingerprint density at radius 2 is 1.76 bits per heavy atom. The van der Waals surface area contributed by atoms with Gasteiger partial charge in [-0.3, -0.25) is 4.79 Å². The van der Waals surface area contributed by atoms with Crippen molar-refractivity contribution in [2.45, 2.75) is 27.7 Å². The van der Waals surface area contributed by atoms with Gasteiger partial charge in [0.15, 0.2) is 5.78 Å². The molecule has 0 saturated heterocycles. The number of hydrogen-bond donors (Lipinski definition) is 0. The second kappa shape index (κ2) is 4.41. The maximum Gasteiger partial charge on any atom is 0.178 e. The summed E-state index contributed by atoms with van der Waals surface area (Å²) >= 11 is 1.53. The van der Waals surface area contributed by atoms with Crippen LogP contribution in [0.5, 0.6) is 0 Å². The Kier molecular flexibility index (Phi) is 3.11. The van der Waals surface area contributed by atoms with Crippen molar-refractivity contribution in [3.05, 3.63) is 39.9 Å². The van der Waals surface area contributed by atoms with Crippen molar-refractivity contribution in [1.29, 1.82) is 0 Å². The number of ketones is 1. The van der Waals surface area contributed by atoms with E-state index in [1.807, 2.05) is 5.38 Å². The van der Waals surface area contributed by atoms with Crippen LogP contribution in [0.2, 0.25) is 0 Å². The number of rotatable bonds is 2. The highest BCUT2D eigenvalue weighted by molar-refractivity contribution is 7.13. The molecule has 88 valence electrons. The second-order valence-corrected chi connectivity index (χ2v) is 5.23. The minimum absolute atomic E-state index is 0.0231. The van der Waals surface area contributed by atoms with Gasteiger partial charge in [0.1, 0.15) is 10.7 Å². The van der Waals surface area contributed by atoms with Crippen LogP contribution in [-0.2, 0) is 0 Å². The number of carbonyl (C=O) groups is 1. The Hall–Kier alpha value is -1.48. The van der Waals surface area contributed by atoms with Gasteiger partial charge in [0.05, 0.1) is 0 Å². The Morgan fingerprint density at radius 1 is 1.18 bits per heavy atom. The number of benzene rings is 1. The quantitative estimate of drug-likeness (QED) is 0.750. The van der Waals surface area contributed by atoms with Gasteiger partial charge in [0.2, 0.25) is 0 Å². The first-order valence-corrected chi connectivity index (χ1v) is 6.41. The molecule has 0 unspecified atom stereocenters. The third kappa shape index (κ3) is 2.29. The summed E-state index contributed by atoms with van der Waals surface area (Å²) in [4.78, 5) is 15.7. The third-order valence-electron chi connectivity index (χ3n) is 2.76. The SMILES string of the molecule is CC(=O)c1csc(-c2c(C)cc(C)cc2C)n1. The van der Waals surface area contributed by atoms with E-state index in [1.54, 1.807) is 6.92 Å². The second-order valence-electron chi connectivity index (χ2n) is 4.37. The molecule has 0 aliphatic rings. The van der Waals surface area contributed by atoms with Crippen LogP contribution >= 0.6 is 11.3 Å². The molecule has 3 heteroatoms. The van der Waals surface area contributed by atoms with Crippen LogP contribution in [0.25, 0.3) is 10.6 Å². The normalized spacial score (nSPS) is 10.6. The molecule has 1 heterocycles. The van der Waals surface area contributed by atoms with E-state index in [-0.39, 0.29) is 5.78 Å². The van der Waals surface area contributed by atoms with Gasteiger partial charge in [0, 0.05) is 17.9 Å². The molecule has 0 saturated carbocycles. The van der Waals surface area contributed by atoms with E-state index in [4.69, 9.17) is 0 Å². The van der Waals surface area contributed by atoms with Gasteiger partial charge < -0.3 is 0 Å². The predicted molar refractivity (Wildman–Crippen MR) is 71.8 cm³/mol. The maximum atomic E-state index is 11.3. The lowest BCUT2D eigenvalue weighted by atomic mass is 10.0. The summed E-state index contributed by atoms with van der Waals surface area (Å²) in [5, 5.41) is 2.77. The van der Waals surface area contributed by atoms with Gasteiger partial charge >= 0.3 is 0 Å². The van der Waals surface area contributed by atoms with Crippen molar-refractivity contribution >= 4 is 17.1 Å². The molecule has 0 fully saturated rings. The van der Waals surface area contributed by atoms with Gasteiger partial charge in [-0.15, -0.1) is 11.3 Å². The predicted octanol–water partition coefficient (Wildman–Crippen LogP) is 3.94. The van der Waals surface area contributed by atoms with Crippen LogP contribution in [0, 0.1) is 20.8 Å². The van der Waals surface area contributed by atoms with Gasteiger partial charge in [-0.1, -0.05) is 17.7 Å². The summed E-state index contributed by atoms with van der Waals surface area (Å²) in [6, 6.07) is 4.30. The summed E-state index contributed by atoms with van der Waals surface area (Å²) in [6.45, 7) is 7.81. The molecular formula is C14H15NOS. The lowest BCUT2D eigenvalue weighted by Crippen LogP contribution is -1.93. The number of aromatic nitrogens is 1. The molecule has 0 spiro atoms. The maximum absolute atomic E-state index is 11.3. The molecule has 1 aromatic carbocycles. The zero-order chi connectivity index (χ0) is 12.6. The van der Waals surface area contributed by atoms with Crippen molar-refractivity contribution < 1.29 is 4.79 Å². The smallest absolute Gasteiger partial charge is 0.178 e. The molecule has 0 amide bonds. The monoisotopic (exact) mass is 245 g/mol. The Balaban J connectivity index is 2.56. The van der Waals surface area contributed by atoms with E-state index < -0.39 is 0 Å². The molecule has 0 bridgehead atoms. The molecule has 17 heavy (non-hydrogen) atoms. The fourth-order valence-corrected chi connectivity index (χ4v) is 3.10. The highest BCUT2D eigenvalue weighted by atomic mass is 32.1. The molecule has 2 rings (SSSR count). The molecule has 0 aliphatic carbocycles. The van der Waals surface area contributed by atoms with Crippen LogP contribution in [0.3, 0.4) is 0 Å². The molecule has 2 aromatic rings. The summed E-state index contributed by atoms with van der Waals surface area (Å²) in [5.74, 6) is 0.0231. The fraction of sp³-hybridized carbons (Fsp3) is 0.286. The minimum atomic E-state index is 0.0231. The number of aryl methyl sites for hydroxylation is 3. The van der Waals surface area contributed by atoms with E-state index in [2.05, 4.69) is 37.9 Å². The van der Waals surface area contributed by atoms with Crippen LogP contribution in [-0.4, -0.2) is 10.8 Å². The number of hydrogen-bond acceptors (Lipinski definition) is 3. The van der Waals surface area contributed by atoms with E-state index in [0.717, 1.165) is 10.6 Å². The van der Waals surface area contributed by atoms with E-state index in [9.17, 15) is 4.79 Å². The molecule has 1 aromatic heterocycles. The first-order valence-electron chi connectivity index (χ1n) is 5.53. The number of thiazole rings is 1. The van der Waals surface area contributed by atoms with E-state index in [1.165, 1.54) is 28.0 Å². The Morgan fingerprint density at radius 3 is 2.24 bits per heavy atom. The van der Waals surface area contributed by atoms with Crippen molar-refractivity contribution in [1.82, 2.24) is 4.98 Å². The number of Topliss-reactive ketones (excluding diaryl/α,β-unsaturated/α-hetero) is 1. The van der Waals surface area contributed by atoms with Crippen LogP contribution in [0.4, 0.5) is 0 Å².